The summed E-state index contributed by atoms with van der Waals surface area (Å²) in [6, 6.07) is 5.48. The third kappa shape index (κ3) is 3.60. The van der Waals surface area contributed by atoms with Crippen LogP contribution < -0.4 is 10.6 Å². The number of amides is 3. The Morgan fingerprint density at radius 3 is 2.43 bits per heavy atom. The van der Waals surface area contributed by atoms with Crippen molar-refractivity contribution < 1.29 is 18.4 Å². The Morgan fingerprint density at radius 1 is 1.17 bits per heavy atom. The van der Waals surface area contributed by atoms with Crippen LogP contribution >= 0.6 is 0 Å². The van der Waals surface area contributed by atoms with E-state index in [-0.39, 0.29) is 37.7 Å². The van der Waals surface area contributed by atoms with Gasteiger partial charge in [-0.25, -0.2) is 13.6 Å². The summed E-state index contributed by atoms with van der Waals surface area (Å²) in [6.07, 6.45) is 1.71. The van der Waals surface area contributed by atoms with E-state index in [1.165, 1.54) is 23.1 Å². The van der Waals surface area contributed by atoms with Gasteiger partial charge in [0.05, 0.1) is 5.69 Å². The first-order valence-electron chi connectivity index (χ1n) is 7.78. The Morgan fingerprint density at radius 2 is 1.83 bits per heavy atom. The predicted octanol–water partition coefficient (Wildman–Crippen LogP) is 2.44. The third-order valence-corrected chi connectivity index (χ3v) is 4.28. The van der Waals surface area contributed by atoms with Gasteiger partial charge in [-0.15, -0.1) is 0 Å². The standard InChI is InChI=1S/C16H19F2N3O2/c17-12-3-1-2-4-13(12)20-15(23)21-9-7-16(18,8-10-21)14(22)19-11-5-6-11/h1-4,11H,5-10H2,(H,19,22)(H,20,23). The van der Waals surface area contributed by atoms with Crippen LogP contribution in [-0.4, -0.2) is 41.6 Å². The molecule has 2 aliphatic rings. The lowest BCUT2D eigenvalue weighted by Crippen LogP contribution is -2.53. The number of hydrogen-bond acceptors (Lipinski definition) is 2. The summed E-state index contributed by atoms with van der Waals surface area (Å²) in [4.78, 5) is 25.4. The monoisotopic (exact) mass is 323 g/mol. The van der Waals surface area contributed by atoms with Crippen LogP contribution in [0.5, 0.6) is 0 Å². The number of urea groups is 1. The molecular formula is C16H19F2N3O2. The minimum Gasteiger partial charge on any atom is -0.351 e. The van der Waals surface area contributed by atoms with Crippen LogP contribution in [0.15, 0.2) is 24.3 Å². The van der Waals surface area contributed by atoms with E-state index in [2.05, 4.69) is 10.6 Å². The zero-order chi connectivity index (χ0) is 16.4. The van der Waals surface area contributed by atoms with Crippen molar-refractivity contribution in [3.8, 4) is 0 Å². The lowest BCUT2D eigenvalue weighted by atomic mass is 9.92. The lowest BCUT2D eigenvalue weighted by Gasteiger charge is -2.35. The molecule has 0 bridgehead atoms. The molecule has 7 heteroatoms. The maximum atomic E-state index is 14.7. The molecule has 3 rings (SSSR count). The number of nitrogens with zero attached hydrogens (tertiary/aromatic N) is 1. The molecule has 1 heterocycles. The quantitative estimate of drug-likeness (QED) is 0.897. The van der Waals surface area contributed by atoms with E-state index in [1.54, 1.807) is 6.07 Å². The highest BCUT2D eigenvalue weighted by molar-refractivity contribution is 5.90. The maximum absolute atomic E-state index is 14.7. The molecule has 0 spiro atoms. The van der Waals surface area contributed by atoms with Crippen molar-refractivity contribution >= 4 is 17.6 Å². The minimum absolute atomic E-state index is 0.0454. The topological polar surface area (TPSA) is 61.4 Å². The van der Waals surface area contributed by atoms with E-state index >= 15 is 0 Å². The fourth-order valence-corrected chi connectivity index (χ4v) is 2.59. The number of alkyl halides is 1. The maximum Gasteiger partial charge on any atom is 0.321 e. The average Bonchev–Trinajstić information content (AvgIpc) is 3.34. The normalized spacial score (nSPS) is 20.0. The second-order valence-corrected chi connectivity index (χ2v) is 6.11. The van der Waals surface area contributed by atoms with E-state index in [0.29, 0.717) is 0 Å². The van der Waals surface area contributed by atoms with E-state index in [1.807, 2.05) is 0 Å². The number of piperidine rings is 1. The van der Waals surface area contributed by atoms with Gasteiger partial charge in [0, 0.05) is 32.0 Å². The van der Waals surface area contributed by atoms with Crippen molar-refractivity contribution in [1.82, 2.24) is 10.2 Å². The number of anilines is 1. The smallest absolute Gasteiger partial charge is 0.321 e. The fourth-order valence-electron chi connectivity index (χ4n) is 2.59. The second-order valence-electron chi connectivity index (χ2n) is 6.11. The molecule has 2 fully saturated rings. The number of carbonyl (C=O) groups is 2. The van der Waals surface area contributed by atoms with Crippen LogP contribution in [0.3, 0.4) is 0 Å². The van der Waals surface area contributed by atoms with E-state index in [9.17, 15) is 18.4 Å². The molecule has 124 valence electrons. The first-order chi connectivity index (χ1) is 11.0. The molecule has 1 aromatic rings. The molecule has 0 atom stereocenters. The highest BCUT2D eigenvalue weighted by Crippen LogP contribution is 2.29. The Bertz CT molecular complexity index is 611. The Kier molecular flexibility index (Phi) is 4.19. The molecular weight excluding hydrogens is 304 g/mol. The zero-order valence-corrected chi connectivity index (χ0v) is 12.6. The summed E-state index contributed by atoms with van der Waals surface area (Å²) in [5.74, 6) is -1.10. The predicted molar refractivity (Wildman–Crippen MR) is 81.2 cm³/mol. The molecule has 1 aliphatic heterocycles. The van der Waals surface area contributed by atoms with Crippen molar-refractivity contribution in [3.63, 3.8) is 0 Å². The first kappa shape index (κ1) is 15.7. The van der Waals surface area contributed by atoms with Gasteiger partial charge in [0.15, 0.2) is 5.67 Å². The van der Waals surface area contributed by atoms with Gasteiger partial charge in [0.25, 0.3) is 5.91 Å². The Balaban J connectivity index is 1.54. The summed E-state index contributed by atoms with van der Waals surface area (Å²) < 4.78 is 28.2. The number of nitrogens with one attached hydrogen (secondary N) is 2. The molecule has 1 saturated carbocycles. The minimum atomic E-state index is -1.92. The fraction of sp³-hybridized carbons (Fsp3) is 0.500. The Hall–Kier alpha value is -2.18. The van der Waals surface area contributed by atoms with Crippen LogP contribution in [0.1, 0.15) is 25.7 Å². The number of halogens is 2. The molecule has 1 aliphatic carbocycles. The number of carbonyl (C=O) groups excluding carboxylic acids is 2. The van der Waals surface area contributed by atoms with Crippen molar-refractivity contribution in [2.45, 2.75) is 37.4 Å². The van der Waals surface area contributed by atoms with Gasteiger partial charge in [0.1, 0.15) is 5.82 Å². The molecule has 0 aromatic heterocycles. The van der Waals surface area contributed by atoms with Crippen molar-refractivity contribution in [2.75, 3.05) is 18.4 Å². The number of rotatable bonds is 3. The van der Waals surface area contributed by atoms with Crippen LogP contribution in [-0.2, 0) is 4.79 Å². The molecule has 23 heavy (non-hydrogen) atoms. The zero-order valence-electron chi connectivity index (χ0n) is 12.6. The van der Waals surface area contributed by atoms with Crippen LogP contribution in [0.4, 0.5) is 19.3 Å². The second kappa shape index (κ2) is 6.14. The van der Waals surface area contributed by atoms with Gasteiger partial charge in [-0.2, -0.15) is 0 Å². The largest absolute Gasteiger partial charge is 0.351 e. The summed E-state index contributed by atoms with van der Waals surface area (Å²) in [6.45, 7) is 0.240. The molecule has 1 aromatic carbocycles. The van der Waals surface area contributed by atoms with Gasteiger partial charge in [-0.05, 0) is 25.0 Å². The molecule has 3 amide bonds. The van der Waals surface area contributed by atoms with Crippen LogP contribution in [0.2, 0.25) is 0 Å². The van der Waals surface area contributed by atoms with Gasteiger partial charge in [-0.1, -0.05) is 12.1 Å². The van der Waals surface area contributed by atoms with Gasteiger partial charge < -0.3 is 15.5 Å². The van der Waals surface area contributed by atoms with Crippen molar-refractivity contribution in [1.29, 1.82) is 0 Å². The molecule has 5 nitrogen and oxygen atoms in total. The number of benzene rings is 1. The van der Waals surface area contributed by atoms with Crippen molar-refractivity contribution in [2.24, 2.45) is 0 Å². The number of para-hydroxylation sites is 1. The van der Waals surface area contributed by atoms with Gasteiger partial charge in [0.2, 0.25) is 0 Å². The molecule has 0 radical (unpaired) electrons. The number of hydrogen-bond donors (Lipinski definition) is 2. The third-order valence-electron chi connectivity index (χ3n) is 4.28. The van der Waals surface area contributed by atoms with E-state index < -0.39 is 23.4 Å². The lowest BCUT2D eigenvalue weighted by molar-refractivity contribution is -0.135. The summed E-state index contributed by atoms with van der Waals surface area (Å²) in [7, 11) is 0. The summed E-state index contributed by atoms with van der Waals surface area (Å²) in [5, 5.41) is 5.14. The summed E-state index contributed by atoms with van der Waals surface area (Å²) >= 11 is 0. The highest BCUT2D eigenvalue weighted by Gasteiger charge is 2.44. The van der Waals surface area contributed by atoms with Crippen LogP contribution in [0.25, 0.3) is 0 Å². The van der Waals surface area contributed by atoms with E-state index in [4.69, 9.17) is 0 Å². The average molecular weight is 323 g/mol. The van der Waals surface area contributed by atoms with E-state index in [0.717, 1.165) is 12.8 Å². The summed E-state index contributed by atoms with van der Waals surface area (Å²) in [5.41, 5.74) is -1.83. The molecule has 1 saturated heterocycles. The van der Waals surface area contributed by atoms with Gasteiger partial charge in [-0.3, -0.25) is 4.79 Å². The Labute approximate surface area is 133 Å². The molecule has 0 unspecified atom stereocenters. The van der Waals surface area contributed by atoms with Crippen molar-refractivity contribution in [3.05, 3.63) is 30.1 Å². The highest BCUT2D eigenvalue weighted by atomic mass is 19.1. The first-order valence-corrected chi connectivity index (χ1v) is 7.78. The van der Waals surface area contributed by atoms with Gasteiger partial charge >= 0.3 is 6.03 Å². The SMILES string of the molecule is O=C(Nc1ccccc1F)N1CCC(F)(C(=O)NC2CC2)CC1. The number of likely N-dealkylation sites (tertiary alicyclic amines) is 1. The van der Waals surface area contributed by atoms with Crippen LogP contribution in [0, 0.1) is 5.82 Å². The molecule has 2 N–H and O–H groups in total.